The Morgan fingerprint density at radius 1 is 1.11 bits per heavy atom. The Kier molecular flexibility index (Phi) is 5.81. The van der Waals surface area contributed by atoms with E-state index in [1.165, 1.54) is 6.92 Å². The van der Waals surface area contributed by atoms with Gasteiger partial charge in [-0.3, -0.25) is 4.79 Å². The summed E-state index contributed by atoms with van der Waals surface area (Å²) in [6, 6.07) is 6.89. The lowest BCUT2D eigenvalue weighted by Gasteiger charge is -2.41. The highest BCUT2D eigenvalue weighted by atomic mass is 19.4. The van der Waals surface area contributed by atoms with Crippen molar-refractivity contribution in [2.75, 3.05) is 11.4 Å². The molecule has 1 atom stereocenters. The molecule has 1 heterocycles. The first-order valence-electron chi connectivity index (χ1n) is 10.3. The summed E-state index contributed by atoms with van der Waals surface area (Å²) in [4.78, 5) is 14.9. The molecule has 2 aliphatic rings. The Balaban J connectivity index is 1.65. The maximum absolute atomic E-state index is 13.1. The third-order valence-corrected chi connectivity index (χ3v) is 6.71. The Morgan fingerprint density at radius 3 is 2.25 bits per heavy atom. The van der Waals surface area contributed by atoms with Gasteiger partial charge in [0.25, 0.3) is 0 Å². The fraction of sp³-hybridized carbons (Fsp3) is 0.682. The monoisotopic (exact) mass is 397 g/mol. The molecular formula is C22H30F3NO2. The van der Waals surface area contributed by atoms with Crippen LogP contribution in [0, 0.1) is 11.3 Å². The molecule has 6 heteroatoms. The van der Waals surface area contributed by atoms with Crippen molar-refractivity contribution in [1.29, 1.82) is 0 Å². The molecule has 1 N–H and O–H groups in total. The predicted octanol–water partition coefficient (Wildman–Crippen LogP) is 5.26. The highest BCUT2D eigenvalue weighted by Crippen LogP contribution is 2.49. The molecule has 2 fully saturated rings. The van der Waals surface area contributed by atoms with E-state index in [0.29, 0.717) is 37.8 Å². The van der Waals surface area contributed by atoms with Gasteiger partial charge < -0.3 is 10.0 Å². The number of amides is 1. The van der Waals surface area contributed by atoms with Gasteiger partial charge in [-0.2, -0.15) is 13.2 Å². The average Bonchev–Trinajstić information content (AvgIpc) is 2.95. The minimum absolute atomic E-state index is 0.0579. The van der Waals surface area contributed by atoms with Crippen molar-refractivity contribution < 1.29 is 23.1 Å². The van der Waals surface area contributed by atoms with Gasteiger partial charge in [0.1, 0.15) is 0 Å². The molecule has 0 unspecified atom stereocenters. The van der Waals surface area contributed by atoms with E-state index >= 15 is 0 Å². The van der Waals surface area contributed by atoms with Gasteiger partial charge in [0, 0.05) is 12.2 Å². The zero-order valence-electron chi connectivity index (χ0n) is 16.7. The van der Waals surface area contributed by atoms with Gasteiger partial charge in [-0.25, -0.2) is 0 Å². The van der Waals surface area contributed by atoms with Crippen molar-refractivity contribution in [3.8, 4) is 0 Å². The summed E-state index contributed by atoms with van der Waals surface area (Å²) in [5, 5.41) is 10.6. The molecule has 0 bridgehead atoms. The van der Waals surface area contributed by atoms with E-state index in [1.807, 2.05) is 0 Å². The summed E-state index contributed by atoms with van der Waals surface area (Å²) in [5.74, 6) is -1.29. The first kappa shape index (κ1) is 21.2. The maximum Gasteiger partial charge on any atom is 0.391 e. The number of hydrogen-bond acceptors (Lipinski definition) is 2. The van der Waals surface area contributed by atoms with Gasteiger partial charge >= 0.3 is 6.18 Å². The van der Waals surface area contributed by atoms with Crippen LogP contribution in [0.5, 0.6) is 0 Å². The number of nitrogens with zero attached hydrogens (tertiary/aromatic N) is 1. The lowest BCUT2D eigenvalue weighted by Crippen LogP contribution is -2.43. The number of rotatable bonds is 5. The topological polar surface area (TPSA) is 40.5 Å². The van der Waals surface area contributed by atoms with Crippen molar-refractivity contribution in [3.63, 3.8) is 0 Å². The highest BCUT2D eigenvalue weighted by Gasteiger charge is 2.51. The molecule has 1 saturated heterocycles. The number of carbonyl (C=O) groups is 1. The van der Waals surface area contributed by atoms with Crippen LogP contribution in [0.15, 0.2) is 24.3 Å². The van der Waals surface area contributed by atoms with Crippen LogP contribution >= 0.6 is 0 Å². The van der Waals surface area contributed by atoms with Crippen LogP contribution in [0.1, 0.15) is 64.4 Å². The van der Waals surface area contributed by atoms with Gasteiger partial charge in [0.15, 0.2) is 0 Å². The summed E-state index contributed by atoms with van der Waals surface area (Å²) in [5.41, 5.74) is 0.352. The number of aliphatic hydroxyl groups is 1. The van der Waals surface area contributed by atoms with Crippen molar-refractivity contribution >= 4 is 11.6 Å². The second-order valence-electron chi connectivity index (χ2n) is 8.77. The molecule has 3 nitrogen and oxygen atoms in total. The minimum atomic E-state index is -4.20. The summed E-state index contributed by atoms with van der Waals surface area (Å²) < 4.78 is 38.2. The molecule has 1 aromatic carbocycles. The SMILES string of the molecule is CCCC1(O)CCC2(CCN(c3ccc(C[C@@H](C)C(F)(F)F)cc3)C2=O)CC1. The molecule has 1 aliphatic heterocycles. The van der Waals surface area contributed by atoms with Crippen molar-refractivity contribution in [3.05, 3.63) is 29.8 Å². The number of alkyl halides is 3. The standard InChI is InChI=1S/C22H30F3NO2/c1-3-8-21(28)11-9-20(10-12-21)13-14-26(19(20)27)18-6-4-17(5-7-18)15-16(2)22(23,24)25/h4-7,16,28H,3,8-15H2,1-2H3/t16-,20?,21?/m1/s1. The van der Waals surface area contributed by atoms with Gasteiger partial charge in [0.2, 0.25) is 5.91 Å². The molecular weight excluding hydrogens is 367 g/mol. The van der Waals surface area contributed by atoms with E-state index in [0.717, 1.165) is 24.9 Å². The molecule has 1 aliphatic carbocycles. The molecule has 0 radical (unpaired) electrons. The number of carbonyl (C=O) groups excluding carboxylic acids is 1. The van der Waals surface area contributed by atoms with Crippen molar-refractivity contribution in [2.24, 2.45) is 11.3 Å². The van der Waals surface area contributed by atoms with Crippen molar-refractivity contribution in [2.45, 2.75) is 77.0 Å². The lowest BCUT2D eigenvalue weighted by molar-refractivity contribution is -0.169. The van der Waals surface area contributed by atoms with Gasteiger partial charge in [0.05, 0.1) is 16.9 Å². The van der Waals surface area contributed by atoms with Gasteiger partial charge in [-0.1, -0.05) is 32.4 Å². The largest absolute Gasteiger partial charge is 0.391 e. The Hall–Kier alpha value is -1.56. The quantitative estimate of drug-likeness (QED) is 0.737. The van der Waals surface area contributed by atoms with Gasteiger partial charge in [-0.05, 0) is 62.6 Å². The Labute approximate surface area is 164 Å². The third-order valence-electron chi connectivity index (χ3n) is 6.71. The van der Waals surface area contributed by atoms with Crippen LogP contribution in [-0.2, 0) is 11.2 Å². The molecule has 3 rings (SSSR count). The molecule has 0 aromatic heterocycles. The molecule has 1 amide bonds. The molecule has 1 aromatic rings. The summed E-state index contributed by atoms with van der Waals surface area (Å²) >= 11 is 0. The fourth-order valence-corrected chi connectivity index (χ4v) is 4.72. The van der Waals surface area contributed by atoms with E-state index in [2.05, 4.69) is 6.92 Å². The molecule has 156 valence electrons. The summed E-state index contributed by atoms with van der Waals surface area (Å²) in [6.45, 7) is 3.87. The van der Waals surface area contributed by atoms with E-state index in [-0.39, 0.29) is 17.7 Å². The zero-order chi connectivity index (χ0) is 20.6. The maximum atomic E-state index is 13.1. The second kappa shape index (κ2) is 7.69. The third kappa shape index (κ3) is 4.22. The van der Waals surface area contributed by atoms with Crippen LogP contribution in [0.2, 0.25) is 0 Å². The smallest absolute Gasteiger partial charge is 0.390 e. The number of hydrogen-bond donors (Lipinski definition) is 1. The first-order valence-corrected chi connectivity index (χ1v) is 10.3. The van der Waals surface area contributed by atoms with Crippen LogP contribution in [0.3, 0.4) is 0 Å². The van der Waals surface area contributed by atoms with E-state index < -0.39 is 17.7 Å². The number of anilines is 1. The number of halogens is 3. The minimum Gasteiger partial charge on any atom is -0.390 e. The van der Waals surface area contributed by atoms with Crippen LogP contribution < -0.4 is 4.90 Å². The molecule has 28 heavy (non-hydrogen) atoms. The average molecular weight is 397 g/mol. The number of benzene rings is 1. The second-order valence-corrected chi connectivity index (χ2v) is 8.77. The van der Waals surface area contributed by atoms with Crippen LogP contribution in [0.25, 0.3) is 0 Å². The van der Waals surface area contributed by atoms with Crippen molar-refractivity contribution in [1.82, 2.24) is 0 Å². The zero-order valence-corrected chi connectivity index (χ0v) is 16.7. The fourth-order valence-electron chi connectivity index (χ4n) is 4.72. The lowest BCUT2D eigenvalue weighted by atomic mass is 9.67. The predicted molar refractivity (Wildman–Crippen MR) is 103 cm³/mol. The van der Waals surface area contributed by atoms with E-state index in [1.54, 1.807) is 29.2 Å². The van der Waals surface area contributed by atoms with Gasteiger partial charge in [-0.15, -0.1) is 0 Å². The molecule has 1 saturated carbocycles. The summed E-state index contributed by atoms with van der Waals surface area (Å²) in [6.07, 6.45) is 0.973. The van der Waals surface area contributed by atoms with E-state index in [4.69, 9.17) is 0 Å². The van der Waals surface area contributed by atoms with E-state index in [9.17, 15) is 23.1 Å². The summed E-state index contributed by atoms with van der Waals surface area (Å²) in [7, 11) is 0. The highest BCUT2D eigenvalue weighted by molar-refractivity contribution is 6.00. The van der Waals surface area contributed by atoms with Crippen LogP contribution in [-0.4, -0.2) is 29.3 Å². The normalized spacial score (nSPS) is 29.5. The first-order chi connectivity index (χ1) is 13.1. The Morgan fingerprint density at radius 2 is 1.71 bits per heavy atom. The molecule has 1 spiro atoms. The Bertz CT molecular complexity index is 691. The van der Waals surface area contributed by atoms with Crippen LogP contribution in [0.4, 0.5) is 18.9 Å².